The third kappa shape index (κ3) is 1.62. The van der Waals surface area contributed by atoms with E-state index in [0.29, 0.717) is 6.61 Å². The maximum Gasteiger partial charge on any atom is 0.0980 e. The predicted molar refractivity (Wildman–Crippen MR) is 49.6 cm³/mol. The van der Waals surface area contributed by atoms with Crippen LogP contribution in [0.1, 0.15) is 18.2 Å². The molecule has 1 N–H and O–H groups in total. The topological polar surface area (TPSA) is 34.4 Å². The molecular weight excluding hydrogens is 166 g/mol. The summed E-state index contributed by atoms with van der Waals surface area (Å²) >= 11 is 0. The molecule has 0 bridgehead atoms. The minimum absolute atomic E-state index is 0.198. The second-order valence-corrected chi connectivity index (χ2v) is 3.56. The van der Waals surface area contributed by atoms with Crippen LogP contribution < -0.4 is 0 Å². The summed E-state index contributed by atoms with van der Waals surface area (Å²) in [4.78, 5) is 0. The highest BCUT2D eigenvalue weighted by molar-refractivity contribution is 5.07. The van der Waals surface area contributed by atoms with Gasteiger partial charge in [0.05, 0.1) is 18.8 Å². The van der Waals surface area contributed by atoms with E-state index in [2.05, 4.69) is 17.6 Å². The van der Waals surface area contributed by atoms with Gasteiger partial charge in [-0.15, -0.1) is 0 Å². The lowest BCUT2D eigenvalue weighted by molar-refractivity contribution is -0.0388. The van der Waals surface area contributed by atoms with Gasteiger partial charge in [0.2, 0.25) is 0 Å². The molecule has 0 saturated carbocycles. The van der Waals surface area contributed by atoms with Crippen molar-refractivity contribution in [2.45, 2.75) is 25.5 Å². The molecule has 3 nitrogen and oxygen atoms in total. The van der Waals surface area contributed by atoms with E-state index >= 15 is 0 Å². The lowest BCUT2D eigenvalue weighted by Gasteiger charge is -2.30. The molecule has 72 valence electrons. The van der Waals surface area contributed by atoms with Gasteiger partial charge in [0.1, 0.15) is 0 Å². The minimum Gasteiger partial charge on any atom is -0.389 e. The summed E-state index contributed by atoms with van der Waals surface area (Å²) in [5, 5.41) is 9.72. The molecule has 2 atom stereocenters. The molecule has 1 aliphatic rings. The van der Waals surface area contributed by atoms with E-state index in [1.54, 1.807) is 0 Å². The molecule has 1 saturated heterocycles. The molecule has 3 heteroatoms. The SMILES string of the molecule is Cc1cccn1C1CCOC[C@H]1O. The van der Waals surface area contributed by atoms with Crippen LogP contribution in [0.5, 0.6) is 0 Å². The van der Waals surface area contributed by atoms with E-state index in [4.69, 9.17) is 4.74 Å². The van der Waals surface area contributed by atoms with Gasteiger partial charge in [-0.05, 0) is 25.5 Å². The van der Waals surface area contributed by atoms with Crippen LogP contribution in [0.25, 0.3) is 0 Å². The number of aromatic nitrogens is 1. The molecule has 1 unspecified atom stereocenters. The summed E-state index contributed by atoms with van der Waals surface area (Å²) < 4.78 is 7.32. The van der Waals surface area contributed by atoms with Crippen molar-refractivity contribution in [1.82, 2.24) is 4.57 Å². The van der Waals surface area contributed by atoms with Crippen molar-refractivity contribution in [3.8, 4) is 0 Å². The highest BCUT2D eigenvalue weighted by Gasteiger charge is 2.25. The van der Waals surface area contributed by atoms with Crippen molar-refractivity contribution in [1.29, 1.82) is 0 Å². The molecular formula is C10H15NO2. The number of aryl methyl sites for hydroxylation is 1. The fourth-order valence-corrected chi connectivity index (χ4v) is 1.89. The van der Waals surface area contributed by atoms with E-state index in [0.717, 1.165) is 13.0 Å². The van der Waals surface area contributed by atoms with Crippen molar-refractivity contribution < 1.29 is 9.84 Å². The zero-order valence-electron chi connectivity index (χ0n) is 7.81. The number of ether oxygens (including phenoxy) is 1. The van der Waals surface area contributed by atoms with Crippen molar-refractivity contribution >= 4 is 0 Å². The Kier molecular flexibility index (Phi) is 2.38. The van der Waals surface area contributed by atoms with Gasteiger partial charge < -0.3 is 14.4 Å². The molecule has 2 heterocycles. The number of rotatable bonds is 1. The minimum atomic E-state index is -0.361. The van der Waals surface area contributed by atoms with E-state index in [1.165, 1.54) is 5.69 Å². The van der Waals surface area contributed by atoms with Gasteiger partial charge in [-0.25, -0.2) is 0 Å². The normalized spacial score (nSPS) is 29.1. The van der Waals surface area contributed by atoms with Gasteiger partial charge >= 0.3 is 0 Å². The molecule has 13 heavy (non-hydrogen) atoms. The van der Waals surface area contributed by atoms with Crippen molar-refractivity contribution in [2.24, 2.45) is 0 Å². The monoisotopic (exact) mass is 181 g/mol. The Morgan fingerprint density at radius 3 is 3.08 bits per heavy atom. The predicted octanol–water partition coefficient (Wildman–Crippen LogP) is 1.12. The Balaban J connectivity index is 2.19. The van der Waals surface area contributed by atoms with Crippen LogP contribution in [-0.2, 0) is 4.74 Å². The summed E-state index contributed by atoms with van der Waals surface area (Å²) in [6, 6.07) is 4.27. The Morgan fingerprint density at radius 1 is 1.62 bits per heavy atom. The number of aliphatic hydroxyl groups is 1. The Labute approximate surface area is 77.9 Å². The van der Waals surface area contributed by atoms with Gasteiger partial charge in [0.25, 0.3) is 0 Å². The van der Waals surface area contributed by atoms with Crippen molar-refractivity contribution in [3.63, 3.8) is 0 Å². The second kappa shape index (κ2) is 3.52. The van der Waals surface area contributed by atoms with E-state index in [9.17, 15) is 5.11 Å². The maximum atomic E-state index is 9.72. The largest absolute Gasteiger partial charge is 0.389 e. The average Bonchev–Trinajstić information content (AvgIpc) is 2.52. The van der Waals surface area contributed by atoms with Crippen LogP contribution in [-0.4, -0.2) is 29.0 Å². The summed E-state index contributed by atoms with van der Waals surface area (Å²) in [7, 11) is 0. The lowest BCUT2D eigenvalue weighted by atomic mass is 10.1. The molecule has 0 amide bonds. The Morgan fingerprint density at radius 2 is 2.46 bits per heavy atom. The molecule has 1 aromatic heterocycles. The van der Waals surface area contributed by atoms with Crippen LogP contribution in [0.3, 0.4) is 0 Å². The highest BCUT2D eigenvalue weighted by atomic mass is 16.5. The fraction of sp³-hybridized carbons (Fsp3) is 0.600. The van der Waals surface area contributed by atoms with Gasteiger partial charge in [-0.3, -0.25) is 0 Å². The van der Waals surface area contributed by atoms with Crippen LogP contribution in [0.15, 0.2) is 18.3 Å². The first-order valence-corrected chi connectivity index (χ1v) is 4.68. The summed E-state index contributed by atoms with van der Waals surface area (Å²) in [6.45, 7) is 3.27. The Bertz CT molecular complexity index is 282. The van der Waals surface area contributed by atoms with Gasteiger partial charge in [-0.1, -0.05) is 0 Å². The standard InChI is InChI=1S/C10H15NO2/c1-8-3-2-5-11(8)9-4-6-13-7-10(9)12/h2-3,5,9-10,12H,4,6-7H2,1H3/t9?,10-/m1/s1. The number of hydrogen-bond acceptors (Lipinski definition) is 2. The highest BCUT2D eigenvalue weighted by Crippen LogP contribution is 2.23. The number of hydrogen-bond donors (Lipinski definition) is 1. The van der Waals surface area contributed by atoms with Gasteiger partial charge in [-0.2, -0.15) is 0 Å². The quantitative estimate of drug-likeness (QED) is 0.704. The third-order valence-electron chi connectivity index (χ3n) is 2.64. The lowest BCUT2D eigenvalue weighted by Crippen LogP contribution is -2.34. The molecule has 1 aliphatic heterocycles. The second-order valence-electron chi connectivity index (χ2n) is 3.56. The van der Waals surface area contributed by atoms with Gasteiger partial charge in [0.15, 0.2) is 0 Å². The molecule has 0 aromatic carbocycles. The van der Waals surface area contributed by atoms with Gasteiger partial charge in [0, 0.05) is 18.5 Å². The Hall–Kier alpha value is -0.800. The van der Waals surface area contributed by atoms with Crippen molar-refractivity contribution in [2.75, 3.05) is 13.2 Å². The first-order valence-electron chi connectivity index (χ1n) is 4.68. The first kappa shape index (κ1) is 8.78. The molecule has 0 spiro atoms. The van der Waals surface area contributed by atoms with Crippen LogP contribution in [0, 0.1) is 6.92 Å². The van der Waals surface area contributed by atoms with Crippen LogP contribution in [0.4, 0.5) is 0 Å². The molecule has 0 radical (unpaired) electrons. The van der Waals surface area contributed by atoms with Crippen LogP contribution >= 0.6 is 0 Å². The molecule has 1 aromatic rings. The number of aliphatic hydroxyl groups excluding tert-OH is 1. The fourth-order valence-electron chi connectivity index (χ4n) is 1.89. The summed E-state index contributed by atoms with van der Waals surface area (Å²) in [6.07, 6.45) is 2.56. The third-order valence-corrected chi connectivity index (χ3v) is 2.64. The first-order chi connectivity index (χ1) is 6.29. The van der Waals surface area contributed by atoms with E-state index in [1.807, 2.05) is 12.3 Å². The zero-order valence-corrected chi connectivity index (χ0v) is 7.81. The zero-order chi connectivity index (χ0) is 9.26. The molecule has 2 rings (SSSR count). The van der Waals surface area contributed by atoms with E-state index in [-0.39, 0.29) is 12.1 Å². The molecule has 1 fully saturated rings. The smallest absolute Gasteiger partial charge is 0.0980 e. The molecule has 0 aliphatic carbocycles. The maximum absolute atomic E-state index is 9.72. The van der Waals surface area contributed by atoms with Crippen molar-refractivity contribution in [3.05, 3.63) is 24.0 Å². The average molecular weight is 181 g/mol. The summed E-state index contributed by atoms with van der Waals surface area (Å²) in [5.41, 5.74) is 1.20. The van der Waals surface area contributed by atoms with E-state index < -0.39 is 0 Å². The summed E-state index contributed by atoms with van der Waals surface area (Å²) in [5.74, 6) is 0. The number of nitrogens with zero attached hydrogens (tertiary/aromatic N) is 1. The van der Waals surface area contributed by atoms with Crippen LogP contribution in [0.2, 0.25) is 0 Å².